The van der Waals surface area contributed by atoms with Crippen LogP contribution in [0, 0.1) is 5.92 Å². The van der Waals surface area contributed by atoms with Gasteiger partial charge in [-0.05, 0) is 30.4 Å². The summed E-state index contributed by atoms with van der Waals surface area (Å²) < 4.78 is 0. The lowest BCUT2D eigenvalue weighted by Gasteiger charge is -2.28. The van der Waals surface area contributed by atoms with Crippen LogP contribution in [0.3, 0.4) is 0 Å². The van der Waals surface area contributed by atoms with Crippen LogP contribution >= 0.6 is 0 Å². The van der Waals surface area contributed by atoms with Gasteiger partial charge in [-0.25, -0.2) is 0 Å². The molecule has 8 heteroatoms. The van der Waals surface area contributed by atoms with Gasteiger partial charge in [0.15, 0.2) is 0 Å². The lowest BCUT2D eigenvalue weighted by Crippen LogP contribution is -2.54. The lowest BCUT2D eigenvalue weighted by molar-refractivity contribution is -0.136. The van der Waals surface area contributed by atoms with E-state index < -0.39 is 23.8 Å². The number of rotatable bonds is 3. The molecule has 3 aliphatic heterocycles. The fraction of sp³-hybridized carbons (Fsp3) is 0.474. The van der Waals surface area contributed by atoms with Crippen molar-refractivity contribution in [3.8, 4) is 0 Å². The van der Waals surface area contributed by atoms with E-state index in [-0.39, 0.29) is 24.3 Å². The van der Waals surface area contributed by atoms with E-state index in [4.69, 9.17) is 5.73 Å². The minimum Gasteiger partial charge on any atom is -0.324 e. The second-order valence-electron chi connectivity index (χ2n) is 8.09. The summed E-state index contributed by atoms with van der Waals surface area (Å²) in [6.07, 6.45) is 1.33. The van der Waals surface area contributed by atoms with Crippen LogP contribution < -0.4 is 11.1 Å². The summed E-state index contributed by atoms with van der Waals surface area (Å²) in [6, 6.07) is 4.30. The maximum atomic E-state index is 13.1. The van der Waals surface area contributed by atoms with Gasteiger partial charge in [-0.1, -0.05) is 12.1 Å². The van der Waals surface area contributed by atoms with E-state index in [2.05, 4.69) is 10.2 Å². The number of hydrogen-bond donors (Lipinski definition) is 2. The summed E-state index contributed by atoms with van der Waals surface area (Å²) in [5, 5.41) is 2.22. The van der Waals surface area contributed by atoms with Gasteiger partial charge in [0.25, 0.3) is 11.8 Å². The van der Waals surface area contributed by atoms with E-state index in [1.54, 1.807) is 12.1 Å². The molecule has 3 fully saturated rings. The maximum absolute atomic E-state index is 13.1. The Hall–Kier alpha value is -2.58. The first kappa shape index (κ1) is 16.6. The molecule has 4 aliphatic rings. The largest absolute Gasteiger partial charge is 0.324 e. The molecule has 140 valence electrons. The molecule has 0 spiro atoms. The molecule has 1 unspecified atom stereocenters. The number of nitrogens with zero attached hydrogens (tertiary/aromatic N) is 2. The monoisotopic (exact) mass is 368 g/mol. The number of carbonyl (C=O) groups is 4. The minimum absolute atomic E-state index is 0.0868. The maximum Gasteiger partial charge on any atom is 0.262 e. The number of amides is 4. The quantitative estimate of drug-likeness (QED) is 0.704. The highest BCUT2D eigenvalue weighted by molar-refractivity contribution is 6.24. The molecular formula is C19H20N4O4. The first-order valence-corrected chi connectivity index (χ1v) is 9.22. The highest BCUT2D eigenvalue weighted by Crippen LogP contribution is 2.47. The molecule has 8 nitrogen and oxygen atoms in total. The third kappa shape index (κ3) is 2.44. The Morgan fingerprint density at radius 3 is 2.70 bits per heavy atom. The van der Waals surface area contributed by atoms with Gasteiger partial charge in [0.05, 0.1) is 11.1 Å². The summed E-state index contributed by atoms with van der Waals surface area (Å²) in [7, 11) is 0. The minimum atomic E-state index is -0.935. The van der Waals surface area contributed by atoms with Crippen molar-refractivity contribution in [1.29, 1.82) is 0 Å². The standard InChI is InChI=1S/C19H20N4O4/c20-19-6-11(19)8-22(9-19)7-10-2-1-3-12-15(10)18(27)23(17(12)26)13-4-5-14(24)21-16(13)25/h1-3,11,13H,4-9,20H2,(H,21,24,25)/t11-,13?,19-/m0/s1. The predicted molar refractivity (Wildman–Crippen MR) is 93.4 cm³/mol. The average Bonchev–Trinajstić information content (AvgIpc) is 3.01. The van der Waals surface area contributed by atoms with Gasteiger partial charge in [0, 0.05) is 31.6 Å². The Morgan fingerprint density at radius 2 is 2.00 bits per heavy atom. The molecule has 4 amide bonds. The predicted octanol–water partition coefficient (Wildman–Crippen LogP) is -0.379. The molecule has 5 rings (SSSR count). The first-order valence-electron chi connectivity index (χ1n) is 9.22. The fourth-order valence-electron chi connectivity index (χ4n) is 4.71. The number of carbonyl (C=O) groups excluding carboxylic acids is 4. The van der Waals surface area contributed by atoms with E-state index in [0.717, 1.165) is 30.0 Å². The number of nitrogens with one attached hydrogen (secondary N) is 1. The molecule has 2 saturated heterocycles. The summed E-state index contributed by atoms with van der Waals surface area (Å²) in [6.45, 7) is 2.25. The van der Waals surface area contributed by atoms with Crippen molar-refractivity contribution >= 4 is 23.6 Å². The molecule has 0 aromatic heterocycles. The van der Waals surface area contributed by atoms with Crippen molar-refractivity contribution in [2.75, 3.05) is 13.1 Å². The number of benzene rings is 1. The van der Waals surface area contributed by atoms with Gasteiger partial charge in [-0.2, -0.15) is 0 Å². The molecule has 3 heterocycles. The smallest absolute Gasteiger partial charge is 0.262 e. The van der Waals surface area contributed by atoms with Crippen molar-refractivity contribution < 1.29 is 19.2 Å². The number of fused-ring (bicyclic) bond motifs is 2. The zero-order chi connectivity index (χ0) is 18.9. The molecule has 0 radical (unpaired) electrons. The molecule has 3 N–H and O–H groups in total. The number of imide groups is 2. The Labute approximate surface area is 155 Å². The van der Waals surface area contributed by atoms with Crippen LogP contribution in [0.15, 0.2) is 18.2 Å². The van der Waals surface area contributed by atoms with Gasteiger partial charge in [-0.3, -0.25) is 34.3 Å². The molecule has 1 saturated carbocycles. The van der Waals surface area contributed by atoms with Crippen molar-refractivity contribution in [1.82, 2.24) is 15.1 Å². The van der Waals surface area contributed by atoms with Crippen LogP contribution in [0.5, 0.6) is 0 Å². The Balaban J connectivity index is 1.43. The third-order valence-electron chi connectivity index (χ3n) is 6.22. The SMILES string of the molecule is N[C@]12C[C@H]1CN(Cc1cccc3c1C(=O)N(C1CCC(=O)NC1=O)C3=O)C2. The average molecular weight is 368 g/mol. The topological polar surface area (TPSA) is 113 Å². The summed E-state index contributed by atoms with van der Waals surface area (Å²) in [4.78, 5) is 52.7. The van der Waals surface area contributed by atoms with Crippen molar-refractivity contribution in [3.05, 3.63) is 34.9 Å². The Kier molecular flexibility index (Phi) is 3.36. The molecule has 3 atom stereocenters. The van der Waals surface area contributed by atoms with Crippen molar-refractivity contribution in [2.24, 2.45) is 11.7 Å². The third-order valence-corrected chi connectivity index (χ3v) is 6.22. The highest BCUT2D eigenvalue weighted by atomic mass is 16.2. The summed E-state index contributed by atoms with van der Waals surface area (Å²) in [5.74, 6) is -1.37. The molecule has 1 aromatic rings. The second kappa shape index (κ2) is 5.46. The van der Waals surface area contributed by atoms with Crippen LogP contribution in [-0.4, -0.2) is 58.1 Å². The van der Waals surface area contributed by atoms with Crippen LogP contribution in [0.4, 0.5) is 0 Å². The second-order valence-corrected chi connectivity index (χ2v) is 8.09. The number of hydrogen-bond acceptors (Lipinski definition) is 6. The molecule has 27 heavy (non-hydrogen) atoms. The van der Waals surface area contributed by atoms with Crippen LogP contribution in [-0.2, 0) is 16.1 Å². The zero-order valence-electron chi connectivity index (χ0n) is 14.7. The van der Waals surface area contributed by atoms with E-state index in [1.807, 2.05) is 6.07 Å². The number of nitrogens with two attached hydrogens (primary N) is 1. The normalized spacial score (nSPS) is 32.6. The fourth-order valence-corrected chi connectivity index (χ4v) is 4.71. The van der Waals surface area contributed by atoms with Crippen molar-refractivity contribution in [2.45, 2.75) is 37.4 Å². The Bertz CT molecular complexity index is 913. The number of piperidine rings is 2. The Morgan fingerprint density at radius 1 is 1.19 bits per heavy atom. The molecule has 1 aliphatic carbocycles. The van der Waals surface area contributed by atoms with E-state index >= 15 is 0 Å². The van der Waals surface area contributed by atoms with E-state index in [9.17, 15) is 19.2 Å². The van der Waals surface area contributed by atoms with Gasteiger partial charge < -0.3 is 5.73 Å². The van der Waals surface area contributed by atoms with Crippen LogP contribution in [0.25, 0.3) is 0 Å². The molecule has 0 bridgehead atoms. The van der Waals surface area contributed by atoms with Gasteiger partial charge >= 0.3 is 0 Å². The van der Waals surface area contributed by atoms with Gasteiger partial charge in [-0.15, -0.1) is 0 Å². The number of likely N-dealkylation sites (tertiary alicyclic amines) is 1. The highest BCUT2D eigenvalue weighted by Gasteiger charge is 2.57. The lowest BCUT2D eigenvalue weighted by atomic mass is 10.0. The van der Waals surface area contributed by atoms with Gasteiger partial charge in [0.1, 0.15) is 6.04 Å². The van der Waals surface area contributed by atoms with Crippen molar-refractivity contribution in [3.63, 3.8) is 0 Å². The molecule has 1 aromatic carbocycles. The van der Waals surface area contributed by atoms with Gasteiger partial charge in [0.2, 0.25) is 11.8 Å². The van der Waals surface area contributed by atoms with E-state index in [1.165, 1.54) is 0 Å². The van der Waals surface area contributed by atoms with Crippen LogP contribution in [0.1, 0.15) is 45.5 Å². The van der Waals surface area contributed by atoms with Crippen LogP contribution in [0.2, 0.25) is 0 Å². The summed E-state index contributed by atoms with van der Waals surface area (Å²) >= 11 is 0. The zero-order valence-corrected chi connectivity index (χ0v) is 14.7. The molecular weight excluding hydrogens is 348 g/mol. The first-order chi connectivity index (χ1) is 12.9. The summed E-state index contributed by atoms with van der Waals surface area (Å²) in [5.41, 5.74) is 7.66. The van der Waals surface area contributed by atoms with E-state index in [0.29, 0.717) is 23.6 Å².